The Morgan fingerprint density at radius 2 is 1.88 bits per heavy atom. The zero-order valence-electron chi connectivity index (χ0n) is 13.6. The highest BCUT2D eigenvalue weighted by molar-refractivity contribution is 7.99. The van der Waals surface area contributed by atoms with Gasteiger partial charge in [0, 0.05) is 11.3 Å². The first-order valence-electron chi connectivity index (χ1n) is 7.54. The molecule has 0 fully saturated rings. The number of nitrogen functional groups attached to an aromatic ring is 1. The second kappa shape index (κ2) is 8.13. The van der Waals surface area contributed by atoms with Crippen LogP contribution in [0.25, 0.3) is 11.4 Å². The molecule has 2 N–H and O–H groups in total. The van der Waals surface area contributed by atoms with Crippen molar-refractivity contribution in [3.63, 3.8) is 0 Å². The van der Waals surface area contributed by atoms with Crippen LogP contribution < -0.4 is 15.3 Å². The molecule has 6 nitrogen and oxygen atoms in total. The Labute approximate surface area is 154 Å². The number of rotatable bonds is 7. The average Bonchev–Trinajstić information content (AvgIpc) is 3.01. The molecule has 0 amide bonds. The Morgan fingerprint density at radius 1 is 1.12 bits per heavy atom. The summed E-state index contributed by atoms with van der Waals surface area (Å²) in [5.74, 6) is 8.81. The molecule has 0 atom stereocenters. The maximum atomic E-state index is 6.10. The third-order valence-electron chi connectivity index (χ3n) is 3.42. The predicted molar refractivity (Wildman–Crippen MR) is 99.8 cm³/mol. The fourth-order valence-corrected chi connectivity index (χ4v) is 3.02. The van der Waals surface area contributed by atoms with E-state index < -0.39 is 0 Å². The highest BCUT2D eigenvalue weighted by Gasteiger charge is 2.12. The molecule has 3 aromatic rings. The van der Waals surface area contributed by atoms with Crippen molar-refractivity contribution in [3.05, 3.63) is 53.6 Å². The average molecular weight is 377 g/mol. The number of hydrogen-bond acceptors (Lipinski definition) is 6. The topological polar surface area (TPSA) is 75.2 Å². The number of aromatic nitrogens is 3. The number of nitrogens with two attached hydrogens (primary N) is 1. The molecule has 0 aliphatic heterocycles. The number of hydrogen-bond donors (Lipinski definition) is 1. The van der Waals surface area contributed by atoms with E-state index in [0.717, 1.165) is 11.3 Å². The summed E-state index contributed by atoms with van der Waals surface area (Å²) in [7, 11) is 1.62. The summed E-state index contributed by atoms with van der Waals surface area (Å²) < 4.78 is 12.3. The van der Waals surface area contributed by atoms with Crippen LogP contribution in [0.4, 0.5) is 0 Å². The van der Waals surface area contributed by atoms with Crippen LogP contribution in [0.15, 0.2) is 53.7 Å². The number of benzene rings is 2. The molecule has 0 aliphatic rings. The summed E-state index contributed by atoms with van der Waals surface area (Å²) in [6.07, 6.45) is 0. The molecule has 0 saturated heterocycles. The van der Waals surface area contributed by atoms with Gasteiger partial charge in [-0.25, -0.2) is 4.68 Å². The molecule has 1 heterocycles. The van der Waals surface area contributed by atoms with Gasteiger partial charge in [-0.15, -0.1) is 10.2 Å². The van der Waals surface area contributed by atoms with Crippen LogP contribution in [0, 0.1) is 0 Å². The Bertz CT molecular complexity index is 839. The summed E-state index contributed by atoms with van der Waals surface area (Å²) >= 11 is 7.52. The van der Waals surface area contributed by atoms with Gasteiger partial charge in [0.2, 0.25) is 5.16 Å². The smallest absolute Gasteiger partial charge is 0.210 e. The lowest BCUT2D eigenvalue weighted by Gasteiger charge is -2.07. The molecule has 0 aliphatic carbocycles. The van der Waals surface area contributed by atoms with Crippen LogP contribution in [-0.4, -0.2) is 34.3 Å². The molecular weight excluding hydrogens is 360 g/mol. The molecule has 0 spiro atoms. The Balaban J connectivity index is 1.58. The van der Waals surface area contributed by atoms with Gasteiger partial charge in [-0.3, -0.25) is 0 Å². The summed E-state index contributed by atoms with van der Waals surface area (Å²) in [6.45, 7) is 0.485. The fourth-order valence-electron chi connectivity index (χ4n) is 2.16. The van der Waals surface area contributed by atoms with E-state index in [-0.39, 0.29) is 0 Å². The van der Waals surface area contributed by atoms with Gasteiger partial charge < -0.3 is 15.3 Å². The predicted octanol–water partition coefficient (Wildman–Crippen LogP) is 3.49. The second-order valence-corrected chi connectivity index (χ2v) is 6.50. The molecule has 1 aromatic heterocycles. The van der Waals surface area contributed by atoms with Gasteiger partial charge in [-0.1, -0.05) is 35.5 Å². The van der Waals surface area contributed by atoms with Crippen LogP contribution >= 0.6 is 23.4 Å². The lowest BCUT2D eigenvalue weighted by Crippen LogP contribution is -2.12. The van der Waals surface area contributed by atoms with E-state index in [2.05, 4.69) is 10.2 Å². The lowest BCUT2D eigenvalue weighted by atomic mass is 10.2. The second-order valence-electron chi connectivity index (χ2n) is 5.03. The minimum Gasteiger partial charge on any atom is -0.497 e. The summed E-state index contributed by atoms with van der Waals surface area (Å²) in [6, 6.07) is 14.9. The quantitative estimate of drug-likeness (QED) is 0.386. The van der Waals surface area contributed by atoms with Crippen LogP contribution in [-0.2, 0) is 0 Å². The molecule has 8 heteroatoms. The number of thioether (sulfide) groups is 1. The van der Waals surface area contributed by atoms with Gasteiger partial charge in [0.25, 0.3) is 0 Å². The van der Waals surface area contributed by atoms with Crippen molar-refractivity contribution in [1.29, 1.82) is 0 Å². The number of halogens is 1. The van der Waals surface area contributed by atoms with E-state index in [1.807, 2.05) is 42.5 Å². The molecule has 0 radical (unpaired) electrons. The number of methoxy groups -OCH3 is 1. The number of para-hydroxylation sites is 1. The Kier molecular flexibility index (Phi) is 5.67. The maximum Gasteiger partial charge on any atom is 0.210 e. The van der Waals surface area contributed by atoms with Crippen molar-refractivity contribution in [1.82, 2.24) is 14.9 Å². The summed E-state index contributed by atoms with van der Waals surface area (Å²) in [5, 5.41) is 9.50. The van der Waals surface area contributed by atoms with Crippen LogP contribution in [0.5, 0.6) is 11.5 Å². The van der Waals surface area contributed by atoms with Crippen LogP contribution in [0.3, 0.4) is 0 Å². The van der Waals surface area contributed by atoms with E-state index in [1.165, 1.54) is 16.4 Å². The minimum absolute atomic E-state index is 0.485. The van der Waals surface area contributed by atoms with Crippen molar-refractivity contribution in [2.75, 3.05) is 25.3 Å². The number of ether oxygens (including phenoxy) is 2. The van der Waals surface area contributed by atoms with Gasteiger partial charge in [0.1, 0.15) is 11.5 Å². The van der Waals surface area contributed by atoms with E-state index in [4.69, 9.17) is 26.9 Å². The maximum absolute atomic E-state index is 6.10. The lowest BCUT2D eigenvalue weighted by molar-refractivity contribution is 0.344. The number of nitrogens with zero attached hydrogens (tertiary/aromatic N) is 3. The largest absolute Gasteiger partial charge is 0.497 e. The fraction of sp³-hybridized carbons (Fsp3) is 0.176. The Hall–Kier alpha value is -2.38. The zero-order valence-corrected chi connectivity index (χ0v) is 15.1. The van der Waals surface area contributed by atoms with Gasteiger partial charge in [0.15, 0.2) is 5.82 Å². The Morgan fingerprint density at radius 3 is 2.60 bits per heavy atom. The van der Waals surface area contributed by atoms with Crippen molar-refractivity contribution < 1.29 is 9.47 Å². The molecule has 0 unspecified atom stereocenters. The van der Waals surface area contributed by atoms with Gasteiger partial charge >= 0.3 is 0 Å². The SMILES string of the molecule is COc1ccc(-c2nnc(SCCOc3ccccc3Cl)n2N)cc1. The standard InChI is InChI=1S/C17H17ClN4O2S/c1-23-13-8-6-12(7-9-13)16-20-21-17(22(16)19)25-11-10-24-15-5-3-2-4-14(15)18/h2-9H,10-11,19H2,1H3. The van der Waals surface area contributed by atoms with Gasteiger partial charge in [-0.2, -0.15) is 0 Å². The van der Waals surface area contributed by atoms with Crippen molar-refractivity contribution in [2.45, 2.75) is 5.16 Å². The highest BCUT2D eigenvalue weighted by atomic mass is 35.5. The van der Waals surface area contributed by atoms with Crippen LogP contribution in [0.2, 0.25) is 5.02 Å². The van der Waals surface area contributed by atoms with E-state index in [1.54, 1.807) is 13.2 Å². The molecule has 0 saturated carbocycles. The van der Waals surface area contributed by atoms with Crippen molar-refractivity contribution in [2.24, 2.45) is 0 Å². The third-order valence-corrected chi connectivity index (χ3v) is 4.64. The first kappa shape index (κ1) is 17.4. The molecule has 2 aromatic carbocycles. The molecule has 0 bridgehead atoms. The molecular formula is C17H17ClN4O2S. The third kappa shape index (κ3) is 4.18. The monoisotopic (exact) mass is 376 g/mol. The van der Waals surface area contributed by atoms with Crippen molar-refractivity contribution >= 4 is 23.4 Å². The molecule has 3 rings (SSSR count). The zero-order chi connectivity index (χ0) is 17.6. The van der Waals surface area contributed by atoms with E-state index in [0.29, 0.717) is 34.1 Å². The minimum atomic E-state index is 0.485. The summed E-state index contributed by atoms with van der Waals surface area (Å²) in [5.41, 5.74) is 0.870. The highest BCUT2D eigenvalue weighted by Crippen LogP contribution is 2.25. The molecule has 25 heavy (non-hydrogen) atoms. The normalized spacial score (nSPS) is 10.6. The first-order valence-corrected chi connectivity index (χ1v) is 8.90. The molecule has 130 valence electrons. The van der Waals surface area contributed by atoms with Gasteiger partial charge in [0.05, 0.1) is 18.7 Å². The van der Waals surface area contributed by atoms with E-state index in [9.17, 15) is 0 Å². The first-order chi connectivity index (χ1) is 12.2. The van der Waals surface area contributed by atoms with Crippen LogP contribution in [0.1, 0.15) is 0 Å². The summed E-state index contributed by atoms with van der Waals surface area (Å²) in [4.78, 5) is 0. The van der Waals surface area contributed by atoms with E-state index >= 15 is 0 Å². The van der Waals surface area contributed by atoms with Crippen molar-refractivity contribution in [3.8, 4) is 22.9 Å². The van der Waals surface area contributed by atoms with Gasteiger partial charge in [-0.05, 0) is 36.4 Å².